The Morgan fingerprint density at radius 3 is 1.94 bits per heavy atom. The van der Waals surface area contributed by atoms with E-state index < -0.39 is 5.97 Å². The summed E-state index contributed by atoms with van der Waals surface area (Å²) in [6.07, 6.45) is 17.0. The molecule has 2 nitrogen and oxygen atoms in total. The van der Waals surface area contributed by atoms with Crippen molar-refractivity contribution in [3.63, 3.8) is 0 Å². The fraction of sp³-hybridized carbons (Fsp3) is 0.968. The van der Waals surface area contributed by atoms with Crippen LogP contribution in [0.3, 0.4) is 0 Å². The maximum absolute atomic E-state index is 10.9. The smallest absolute Gasteiger partial charge is 0.303 e. The van der Waals surface area contributed by atoms with Gasteiger partial charge < -0.3 is 5.11 Å². The van der Waals surface area contributed by atoms with Crippen LogP contribution in [0.15, 0.2) is 0 Å². The third kappa shape index (κ3) is 7.23. The second-order valence-corrected chi connectivity index (χ2v) is 10.5. The van der Waals surface area contributed by atoms with Crippen LogP contribution in [0.4, 0.5) is 0 Å². The van der Waals surface area contributed by atoms with E-state index in [9.17, 15) is 4.79 Å². The van der Waals surface area contributed by atoms with Crippen LogP contribution in [-0.2, 0) is 4.79 Å². The molecule has 7 atom stereocenters. The summed E-state index contributed by atoms with van der Waals surface area (Å²) < 4.78 is 0. The van der Waals surface area contributed by atoms with Crippen LogP contribution in [0.5, 0.6) is 0 Å². The molecule has 4 rings (SSSR count). The minimum absolute atomic E-state index is 0.364. The zero-order chi connectivity index (χ0) is 25.7. The van der Waals surface area contributed by atoms with Gasteiger partial charge in [-0.1, -0.05) is 82.1 Å². The summed E-state index contributed by atoms with van der Waals surface area (Å²) >= 11 is 0. The molecular weight excluding hydrogens is 404 g/mol. The number of carbonyl (C=O) groups is 1. The van der Waals surface area contributed by atoms with Crippen molar-refractivity contribution in [2.75, 3.05) is 0 Å². The summed E-state index contributed by atoms with van der Waals surface area (Å²) in [6.45, 7) is 21.2. The first-order chi connectivity index (χ1) is 15.9. The maximum Gasteiger partial charge on any atom is 0.303 e. The lowest BCUT2D eigenvalue weighted by Crippen LogP contribution is -2.52. The Balaban J connectivity index is 0.00000116. The van der Waals surface area contributed by atoms with Gasteiger partial charge in [0, 0.05) is 6.42 Å². The van der Waals surface area contributed by atoms with E-state index in [0.29, 0.717) is 17.3 Å². The third-order valence-electron chi connectivity index (χ3n) is 9.72. The lowest BCUT2D eigenvalue weighted by molar-refractivity contribution is -0.137. The molecule has 0 spiro atoms. The zero-order valence-electron chi connectivity index (χ0n) is 24.4. The van der Waals surface area contributed by atoms with Crippen LogP contribution >= 0.6 is 0 Å². The predicted octanol–water partition coefficient (Wildman–Crippen LogP) is 10.4. The van der Waals surface area contributed by atoms with Crippen LogP contribution in [0.2, 0.25) is 0 Å². The Bertz CT molecular complexity index is 515. The van der Waals surface area contributed by atoms with E-state index >= 15 is 0 Å². The van der Waals surface area contributed by atoms with E-state index in [1.54, 1.807) is 0 Å². The molecule has 4 aliphatic carbocycles. The van der Waals surface area contributed by atoms with E-state index in [1.807, 2.05) is 55.4 Å². The SMILES string of the molecule is CC.CC.CC.CC.CC12CCCCC1CCC1C2CCC2(C)C(CCCC(=O)O)CCC12. The first kappa shape index (κ1) is 32.5. The molecule has 0 aromatic heterocycles. The van der Waals surface area contributed by atoms with E-state index in [0.717, 1.165) is 42.4 Å². The molecule has 0 saturated heterocycles. The van der Waals surface area contributed by atoms with Crippen molar-refractivity contribution in [2.45, 2.75) is 153 Å². The standard InChI is InChI=1S/C23H38O2.4C2H6/c1-22-14-4-3-6-16(22)9-11-18-19-12-10-17(7-5-8-21(24)25)23(19,2)15-13-20(18)22;4*1-2/h16-20H,3-15H2,1-2H3,(H,24,25);4*1-2H3. The third-order valence-corrected chi connectivity index (χ3v) is 9.72. The summed E-state index contributed by atoms with van der Waals surface area (Å²) in [4.78, 5) is 10.9. The first-order valence-corrected chi connectivity index (χ1v) is 15.2. The normalized spacial score (nSPS) is 37.9. The lowest BCUT2D eigenvalue weighted by atomic mass is 9.45. The molecule has 0 amide bonds. The summed E-state index contributed by atoms with van der Waals surface area (Å²) in [6, 6.07) is 0. The van der Waals surface area contributed by atoms with Crippen molar-refractivity contribution in [2.24, 2.45) is 40.4 Å². The molecule has 0 aliphatic heterocycles. The molecular formula is C31H62O2. The van der Waals surface area contributed by atoms with Crippen LogP contribution in [0, 0.1) is 40.4 Å². The van der Waals surface area contributed by atoms with Crippen molar-refractivity contribution in [1.82, 2.24) is 0 Å². The quantitative estimate of drug-likeness (QED) is 0.447. The molecule has 0 bridgehead atoms. The number of hydrogen-bond donors (Lipinski definition) is 1. The molecule has 2 heteroatoms. The molecule has 0 aromatic carbocycles. The largest absolute Gasteiger partial charge is 0.481 e. The van der Waals surface area contributed by atoms with E-state index in [4.69, 9.17) is 5.11 Å². The number of carboxylic acids is 1. The van der Waals surface area contributed by atoms with Crippen LogP contribution in [0.25, 0.3) is 0 Å². The highest BCUT2D eigenvalue weighted by Crippen LogP contribution is 2.67. The molecule has 7 unspecified atom stereocenters. The second-order valence-electron chi connectivity index (χ2n) is 10.5. The number of hydrogen-bond acceptors (Lipinski definition) is 1. The molecule has 198 valence electrons. The highest BCUT2D eigenvalue weighted by Gasteiger charge is 2.59. The molecule has 0 radical (unpaired) electrons. The Labute approximate surface area is 209 Å². The summed E-state index contributed by atoms with van der Waals surface area (Å²) in [5.74, 6) is 4.08. The van der Waals surface area contributed by atoms with Gasteiger partial charge in [-0.15, -0.1) is 0 Å². The number of aliphatic carboxylic acids is 1. The van der Waals surface area contributed by atoms with Crippen molar-refractivity contribution >= 4 is 5.97 Å². The average molecular weight is 467 g/mol. The molecule has 1 N–H and O–H groups in total. The predicted molar refractivity (Wildman–Crippen MR) is 147 cm³/mol. The highest BCUT2D eigenvalue weighted by atomic mass is 16.4. The maximum atomic E-state index is 10.9. The topological polar surface area (TPSA) is 37.3 Å². The van der Waals surface area contributed by atoms with Gasteiger partial charge in [-0.3, -0.25) is 4.79 Å². The molecule has 4 saturated carbocycles. The van der Waals surface area contributed by atoms with Gasteiger partial charge in [-0.05, 0) is 105 Å². The zero-order valence-corrected chi connectivity index (χ0v) is 24.4. The fourth-order valence-electron chi connectivity index (χ4n) is 8.38. The van der Waals surface area contributed by atoms with Crippen LogP contribution in [-0.4, -0.2) is 11.1 Å². The summed E-state index contributed by atoms with van der Waals surface area (Å²) in [5, 5.41) is 8.98. The molecule has 0 aromatic rings. The van der Waals surface area contributed by atoms with Crippen LogP contribution < -0.4 is 0 Å². The Hall–Kier alpha value is -0.530. The van der Waals surface area contributed by atoms with Crippen LogP contribution in [0.1, 0.15) is 153 Å². The van der Waals surface area contributed by atoms with Gasteiger partial charge in [0.05, 0.1) is 0 Å². The van der Waals surface area contributed by atoms with E-state index in [1.165, 1.54) is 64.2 Å². The van der Waals surface area contributed by atoms with Gasteiger partial charge in [-0.25, -0.2) is 0 Å². The van der Waals surface area contributed by atoms with Crippen molar-refractivity contribution in [1.29, 1.82) is 0 Å². The van der Waals surface area contributed by atoms with Gasteiger partial charge >= 0.3 is 5.97 Å². The average Bonchev–Trinajstić information content (AvgIpc) is 3.20. The molecule has 4 aliphatic rings. The minimum Gasteiger partial charge on any atom is -0.481 e. The van der Waals surface area contributed by atoms with Gasteiger partial charge in [0.2, 0.25) is 0 Å². The molecule has 4 fully saturated rings. The monoisotopic (exact) mass is 466 g/mol. The van der Waals surface area contributed by atoms with Crippen molar-refractivity contribution < 1.29 is 9.90 Å². The van der Waals surface area contributed by atoms with Gasteiger partial charge in [0.1, 0.15) is 0 Å². The van der Waals surface area contributed by atoms with Crippen molar-refractivity contribution in [3.8, 4) is 0 Å². The minimum atomic E-state index is -0.619. The Morgan fingerprint density at radius 2 is 1.33 bits per heavy atom. The van der Waals surface area contributed by atoms with Crippen molar-refractivity contribution in [3.05, 3.63) is 0 Å². The number of rotatable bonds is 4. The highest BCUT2D eigenvalue weighted by molar-refractivity contribution is 5.66. The van der Waals surface area contributed by atoms with Gasteiger partial charge in [0.15, 0.2) is 0 Å². The molecule has 33 heavy (non-hydrogen) atoms. The van der Waals surface area contributed by atoms with E-state index in [-0.39, 0.29) is 0 Å². The number of fused-ring (bicyclic) bond motifs is 5. The fourth-order valence-corrected chi connectivity index (χ4v) is 8.38. The summed E-state index contributed by atoms with van der Waals surface area (Å²) in [5.41, 5.74) is 1.15. The lowest BCUT2D eigenvalue weighted by Gasteiger charge is -2.60. The Morgan fingerprint density at radius 1 is 0.727 bits per heavy atom. The van der Waals surface area contributed by atoms with Gasteiger partial charge in [-0.2, -0.15) is 0 Å². The summed E-state index contributed by atoms with van der Waals surface area (Å²) in [7, 11) is 0. The van der Waals surface area contributed by atoms with Gasteiger partial charge in [0.25, 0.3) is 0 Å². The second kappa shape index (κ2) is 16.2. The van der Waals surface area contributed by atoms with E-state index in [2.05, 4.69) is 13.8 Å². The number of carboxylic acid groups (broad SMARTS) is 1. The Kier molecular flexibility index (Phi) is 15.9. The first-order valence-electron chi connectivity index (χ1n) is 15.2. The molecule has 0 heterocycles.